The first-order chi connectivity index (χ1) is 14.0. The zero-order valence-electron chi connectivity index (χ0n) is 17.2. The van der Waals surface area contributed by atoms with Crippen molar-refractivity contribution in [1.29, 1.82) is 0 Å². The first kappa shape index (κ1) is 22.2. The fourth-order valence-electron chi connectivity index (χ4n) is 2.44. The maximum absolute atomic E-state index is 12.1. The van der Waals surface area contributed by atoms with E-state index in [0.717, 1.165) is 5.56 Å². The molecule has 0 aliphatic heterocycles. The van der Waals surface area contributed by atoms with E-state index in [2.05, 4.69) is 15.5 Å². The summed E-state index contributed by atoms with van der Waals surface area (Å²) in [5, 5.41) is 6.41. The van der Waals surface area contributed by atoms with Gasteiger partial charge in [-0.1, -0.05) is 35.5 Å². The molecule has 0 saturated heterocycles. The van der Waals surface area contributed by atoms with E-state index in [4.69, 9.17) is 19.0 Å². The molecule has 1 aromatic carbocycles. The number of carbonyl (C=O) groups excluding carboxylic acids is 1. The molecule has 0 atom stereocenters. The maximum atomic E-state index is 12.1. The number of likely N-dealkylation sites (N-methyl/N-ethyl adjacent to an activating group) is 1. The van der Waals surface area contributed by atoms with Gasteiger partial charge >= 0.3 is 0 Å². The van der Waals surface area contributed by atoms with Crippen molar-refractivity contribution < 1.29 is 23.8 Å². The summed E-state index contributed by atoms with van der Waals surface area (Å²) in [6.07, 6.45) is 0.155. The Morgan fingerprint density at radius 1 is 1.07 bits per heavy atom. The highest BCUT2D eigenvalue weighted by Gasteiger charge is 2.17. The summed E-state index contributed by atoms with van der Waals surface area (Å²) in [5.41, 5.74) is 1.56. The Balaban J connectivity index is 2.06. The minimum absolute atomic E-state index is 0.155. The third kappa shape index (κ3) is 7.08. The lowest BCUT2D eigenvalue weighted by Gasteiger charge is -2.12. The Morgan fingerprint density at radius 2 is 1.79 bits per heavy atom. The number of aromatic nitrogens is 1. The average molecular weight is 401 g/mol. The van der Waals surface area contributed by atoms with Crippen LogP contribution in [0.25, 0.3) is 0 Å². The lowest BCUT2D eigenvalue weighted by atomic mass is 10.0. The standard InChI is InChI=1S/C21H27N3O5/c1-15(2)27-12-13-28-18-10-7-11-19(23-18)29-14-16-8-5-6-9-17(16)20(24-26-4)21(25)22-3/h5-11,15H,12-14H2,1-4H3,(H,22,25)/b24-20-. The molecule has 8 nitrogen and oxygen atoms in total. The Labute approximate surface area is 170 Å². The number of amides is 1. The molecule has 0 bridgehead atoms. The van der Waals surface area contributed by atoms with E-state index in [0.29, 0.717) is 30.5 Å². The number of oxime groups is 1. The third-order valence-electron chi connectivity index (χ3n) is 3.76. The van der Waals surface area contributed by atoms with Gasteiger partial charge in [0.05, 0.1) is 12.7 Å². The molecule has 1 N–H and O–H groups in total. The number of nitrogens with one attached hydrogen (secondary N) is 1. The quantitative estimate of drug-likeness (QED) is 0.354. The highest BCUT2D eigenvalue weighted by molar-refractivity contribution is 6.45. The third-order valence-corrected chi connectivity index (χ3v) is 3.76. The van der Waals surface area contributed by atoms with Gasteiger partial charge in [-0.15, -0.1) is 0 Å². The van der Waals surface area contributed by atoms with Crippen LogP contribution in [0.15, 0.2) is 47.6 Å². The van der Waals surface area contributed by atoms with Crippen molar-refractivity contribution in [3.05, 3.63) is 53.6 Å². The highest BCUT2D eigenvalue weighted by atomic mass is 16.6. The molecule has 0 aliphatic rings. The second-order valence-electron chi connectivity index (χ2n) is 6.23. The minimum atomic E-state index is -0.351. The van der Waals surface area contributed by atoms with E-state index in [1.54, 1.807) is 24.3 Å². The molecule has 0 fully saturated rings. The molecule has 2 aromatic rings. The Bertz CT molecular complexity index is 823. The van der Waals surface area contributed by atoms with Crippen molar-refractivity contribution >= 4 is 11.6 Å². The van der Waals surface area contributed by atoms with Crippen LogP contribution in [0.3, 0.4) is 0 Å². The van der Waals surface area contributed by atoms with Gasteiger partial charge in [-0.3, -0.25) is 4.79 Å². The van der Waals surface area contributed by atoms with Crippen molar-refractivity contribution in [3.8, 4) is 11.8 Å². The molecule has 1 heterocycles. The van der Waals surface area contributed by atoms with Gasteiger partial charge in [0.15, 0.2) is 5.71 Å². The van der Waals surface area contributed by atoms with Crippen LogP contribution in [0.5, 0.6) is 11.8 Å². The van der Waals surface area contributed by atoms with Crippen molar-refractivity contribution in [2.75, 3.05) is 27.4 Å². The summed E-state index contributed by atoms with van der Waals surface area (Å²) >= 11 is 0. The molecular formula is C21H27N3O5. The van der Waals surface area contributed by atoms with Crippen LogP contribution in [-0.2, 0) is 21.0 Å². The molecule has 156 valence electrons. The van der Waals surface area contributed by atoms with E-state index in [1.807, 2.05) is 32.0 Å². The summed E-state index contributed by atoms with van der Waals surface area (Å²) in [6, 6.07) is 12.6. The maximum Gasteiger partial charge on any atom is 0.273 e. The summed E-state index contributed by atoms with van der Waals surface area (Å²) in [4.78, 5) is 21.3. The van der Waals surface area contributed by atoms with Crippen LogP contribution in [0, 0.1) is 0 Å². The Hall–Kier alpha value is -3.13. The zero-order valence-corrected chi connectivity index (χ0v) is 17.2. The second-order valence-corrected chi connectivity index (χ2v) is 6.23. The van der Waals surface area contributed by atoms with E-state index in [9.17, 15) is 4.79 Å². The molecule has 0 aliphatic carbocycles. The van der Waals surface area contributed by atoms with E-state index < -0.39 is 0 Å². The van der Waals surface area contributed by atoms with E-state index >= 15 is 0 Å². The first-order valence-electron chi connectivity index (χ1n) is 9.31. The summed E-state index contributed by atoms with van der Waals surface area (Å²) in [7, 11) is 2.93. The lowest BCUT2D eigenvalue weighted by molar-refractivity contribution is -0.114. The number of pyridine rings is 1. The van der Waals surface area contributed by atoms with Crippen LogP contribution in [-0.4, -0.2) is 50.1 Å². The van der Waals surface area contributed by atoms with Crippen LogP contribution in [0.4, 0.5) is 0 Å². The molecule has 1 aromatic heterocycles. The van der Waals surface area contributed by atoms with Crippen molar-refractivity contribution in [3.63, 3.8) is 0 Å². The fraction of sp³-hybridized carbons (Fsp3) is 0.381. The molecule has 8 heteroatoms. The topological polar surface area (TPSA) is 91.3 Å². The molecule has 0 unspecified atom stereocenters. The predicted octanol–water partition coefficient (Wildman–Crippen LogP) is 2.56. The average Bonchev–Trinajstić information content (AvgIpc) is 2.73. The van der Waals surface area contributed by atoms with E-state index in [-0.39, 0.29) is 24.3 Å². The normalized spacial score (nSPS) is 11.3. The molecule has 0 saturated carbocycles. The van der Waals surface area contributed by atoms with Crippen LogP contribution in [0.1, 0.15) is 25.0 Å². The number of nitrogens with zero attached hydrogens (tertiary/aromatic N) is 2. The Morgan fingerprint density at radius 3 is 2.48 bits per heavy atom. The largest absolute Gasteiger partial charge is 0.475 e. The molecule has 1 amide bonds. The van der Waals surface area contributed by atoms with Gasteiger partial charge < -0.3 is 24.4 Å². The molecule has 0 radical (unpaired) electrons. The van der Waals surface area contributed by atoms with Gasteiger partial charge in [0.25, 0.3) is 5.91 Å². The van der Waals surface area contributed by atoms with Gasteiger partial charge in [0.2, 0.25) is 11.8 Å². The number of carbonyl (C=O) groups is 1. The summed E-state index contributed by atoms with van der Waals surface area (Å²) < 4.78 is 16.8. The van der Waals surface area contributed by atoms with Crippen molar-refractivity contribution in [2.45, 2.75) is 26.6 Å². The Kier molecular flexibility index (Phi) is 8.91. The van der Waals surface area contributed by atoms with Crippen LogP contribution < -0.4 is 14.8 Å². The van der Waals surface area contributed by atoms with Crippen molar-refractivity contribution in [2.24, 2.45) is 5.16 Å². The number of ether oxygens (including phenoxy) is 3. The minimum Gasteiger partial charge on any atom is -0.475 e. The molecule has 29 heavy (non-hydrogen) atoms. The first-order valence-corrected chi connectivity index (χ1v) is 9.31. The predicted molar refractivity (Wildman–Crippen MR) is 109 cm³/mol. The molecule has 2 rings (SSSR count). The lowest BCUT2D eigenvalue weighted by Crippen LogP contribution is -2.29. The van der Waals surface area contributed by atoms with Crippen LogP contribution >= 0.6 is 0 Å². The molecular weight excluding hydrogens is 374 g/mol. The number of rotatable bonds is 11. The second kappa shape index (κ2) is 11.7. The van der Waals surface area contributed by atoms with E-state index in [1.165, 1.54) is 14.2 Å². The number of hydrogen-bond acceptors (Lipinski definition) is 7. The molecule has 0 spiro atoms. The van der Waals surface area contributed by atoms with Gasteiger partial charge in [0, 0.05) is 24.7 Å². The van der Waals surface area contributed by atoms with Gasteiger partial charge in [-0.05, 0) is 19.4 Å². The van der Waals surface area contributed by atoms with Crippen LogP contribution in [0.2, 0.25) is 0 Å². The zero-order chi connectivity index (χ0) is 21.1. The van der Waals surface area contributed by atoms with Gasteiger partial charge in [0.1, 0.15) is 20.3 Å². The fourth-order valence-corrected chi connectivity index (χ4v) is 2.44. The summed E-state index contributed by atoms with van der Waals surface area (Å²) in [5.74, 6) is 0.513. The number of benzene rings is 1. The van der Waals surface area contributed by atoms with Crippen molar-refractivity contribution in [1.82, 2.24) is 10.3 Å². The smallest absolute Gasteiger partial charge is 0.273 e. The van der Waals surface area contributed by atoms with Gasteiger partial charge in [-0.2, -0.15) is 4.98 Å². The number of hydrogen-bond donors (Lipinski definition) is 1. The SMILES string of the molecule is CNC(=O)/C(=N\OC)c1ccccc1COc1cccc(OCCOC(C)C)n1. The van der Waals surface area contributed by atoms with Gasteiger partial charge in [-0.25, -0.2) is 0 Å². The highest BCUT2D eigenvalue weighted by Crippen LogP contribution is 2.17. The summed E-state index contributed by atoms with van der Waals surface area (Å²) in [6.45, 7) is 5.02. The monoisotopic (exact) mass is 401 g/mol.